The average Bonchev–Trinajstić information content (AvgIpc) is 2.77. The first kappa shape index (κ1) is 21.1. The van der Waals surface area contributed by atoms with Crippen LogP contribution in [0.25, 0.3) is 0 Å². The van der Waals surface area contributed by atoms with Gasteiger partial charge in [-0.25, -0.2) is 4.79 Å². The molecule has 4 rings (SSSR count). The molecule has 0 bridgehead atoms. The fourth-order valence-corrected chi connectivity index (χ4v) is 4.50. The summed E-state index contributed by atoms with van der Waals surface area (Å²) in [6, 6.07) is 11.3. The minimum Gasteiger partial charge on any atom is -0.458 e. The number of dihydropyridines is 1. The highest BCUT2D eigenvalue weighted by Gasteiger charge is 2.41. The first-order chi connectivity index (χ1) is 15.0. The summed E-state index contributed by atoms with van der Waals surface area (Å²) in [6.07, 6.45) is 5.94. The number of aromatic nitrogens is 1. The van der Waals surface area contributed by atoms with Gasteiger partial charge in [0.05, 0.1) is 5.57 Å². The molecule has 2 atom stereocenters. The Morgan fingerprint density at radius 1 is 1.26 bits per heavy atom. The van der Waals surface area contributed by atoms with Crippen LogP contribution in [0.2, 0.25) is 5.02 Å². The van der Waals surface area contributed by atoms with Crippen LogP contribution >= 0.6 is 11.6 Å². The predicted octanol–water partition coefficient (Wildman–Crippen LogP) is 4.83. The summed E-state index contributed by atoms with van der Waals surface area (Å²) < 4.78 is 5.35. The van der Waals surface area contributed by atoms with Crippen molar-refractivity contribution in [2.75, 3.05) is 6.61 Å². The monoisotopic (exact) mass is 434 g/mol. The van der Waals surface area contributed by atoms with Crippen molar-refractivity contribution in [1.82, 2.24) is 10.3 Å². The molecule has 0 radical (unpaired) electrons. The summed E-state index contributed by atoms with van der Waals surface area (Å²) in [5.41, 5.74) is 4.46. The van der Waals surface area contributed by atoms with Gasteiger partial charge in [-0.15, -0.1) is 0 Å². The number of rotatable bonds is 5. The third kappa shape index (κ3) is 4.19. The van der Waals surface area contributed by atoms with Gasteiger partial charge in [0.2, 0.25) is 0 Å². The van der Waals surface area contributed by atoms with E-state index in [0.29, 0.717) is 34.7 Å². The lowest BCUT2D eigenvalue weighted by atomic mass is 9.72. The van der Waals surface area contributed by atoms with E-state index in [4.69, 9.17) is 16.3 Å². The Kier molecular flexibility index (Phi) is 6.05. The highest BCUT2D eigenvalue weighted by molar-refractivity contribution is 6.30. The summed E-state index contributed by atoms with van der Waals surface area (Å²) in [6.45, 7) is 5.55. The van der Waals surface area contributed by atoms with Crippen LogP contribution in [-0.2, 0) is 14.3 Å². The SMILES string of the molecule is C=CCOC(=O)C1=C(C)NC2=C(C(=O)CC(c3ccc(Cl)cc3)C2)C1c1cccnc1. The fourth-order valence-electron chi connectivity index (χ4n) is 4.37. The molecule has 0 amide bonds. The van der Waals surface area contributed by atoms with Crippen LogP contribution in [0.1, 0.15) is 42.7 Å². The number of nitrogens with one attached hydrogen (secondary N) is 1. The maximum absolute atomic E-state index is 13.4. The second-order valence-electron chi connectivity index (χ2n) is 7.74. The molecule has 0 saturated carbocycles. The molecule has 2 aromatic rings. The van der Waals surface area contributed by atoms with Crippen molar-refractivity contribution in [3.63, 3.8) is 0 Å². The van der Waals surface area contributed by atoms with Crippen molar-refractivity contribution in [2.24, 2.45) is 0 Å². The van der Waals surface area contributed by atoms with Gasteiger partial charge in [-0.3, -0.25) is 9.78 Å². The molecule has 1 aromatic heterocycles. The number of carbonyl (C=O) groups is 2. The lowest BCUT2D eigenvalue weighted by molar-refractivity contribution is -0.138. The fraction of sp³-hybridized carbons (Fsp3) is 0.240. The van der Waals surface area contributed by atoms with Crippen LogP contribution in [0.3, 0.4) is 0 Å². The molecule has 31 heavy (non-hydrogen) atoms. The maximum atomic E-state index is 13.4. The van der Waals surface area contributed by atoms with Crippen LogP contribution in [0, 0.1) is 0 Å². The van der Waals surface area contributed by atoms with E-state index in [1.165, 1.54) is 6.08 Å². The minimum absolute atomic E-state index is 0.0177. The molecule has 2 heterocycles. The van der Waals surface area contributed by atoms with E-state index < -0.39 is 11.9 Å². The number of nitrogens with zero attached hydrogens (tertiary/aromatic N) is 1. The minimum atomic E-state index is -0.513. The Morgan fingerprint density at radius 2 is 2.03 bits per heavy atom. The number of Topliss-reactive ketones (excluding diaryl/α,β-unsaturated/α-hetero) is 1. The molecule has 1 aromatic carbocycles. The first-order valence-electron chi connectivity index (χ1n) is 10.2. The van der Waals surface area contributed by atoms with E-state index in [9.17, 15) is 9.59 Å². The maximum Gasteiger partial charge on any atom is 0.337 e. The molecular weight excluding hydrogens is 412 g/mol. The molecule has 2 aliphatic rings. The largest absolute Gasteiger partial charge is 0.458 e. The number of pyridine rings is 1. The molecule has 1 aliphatic carbocycles. The number of hydrogen-bond donors (Lipinski definition) is 1. The molecule has 1 N–H and O–H groups in total. The molecular formula is C25H23ClN2O3. The number of ether oxygens (including phenoxy) is 1. The van der Waals surface area contributed by atoms with E-state index >= 15 is 0 Å². The number of esters is 1. The summed E-state index contributed by atoms with van der Waals surface area (Å²) >= 11 is 6.03. The Bertz CT molecular complexity index is 1090. The van der Waals surface area contributed by atoms with Gasteiger partial charge in [-0.1, -0.05) is 42.5 Å². The van der Waals surface area contributed by atoms with Crippen molar-refractivity contribution in [1.29, 1.82) is 0 Å². The van der Waals surface area contributed by atoms with Crippen molar-refractivity contribution >= 4 is 23.4 Å². The summed E-state index contributed by atoms with van der Waals surface area (Å²) in [5.74, 6) is -0.907. The molecule has 158 valence electrons. The van der Waals surface area contributed by atoms with Gasteiger partial charge in [-0.05, 0) is 48.6 Å². The van der Waals surface area contributed by atoms with Gasteiger partial charge in [0.25, 0.3) is 0 Å². The lowest BCUT2D eigenvalue weighted by Crippen LogP contribution is -2.36. The van der Waals surface area contributed by atoms with Crippen molar-refractivity contribution in [3.05, 3.63) is 100 Å². The van der Waals surface area contributed by atoms with E-state index in [1.807, 2.05) is 43.3 Å². The second-order valence-corrected chi connectivity index (χ2v) is 8.18. The molecule has 0 spiro atoms. The topological polar surface area (TPSA) is 68.3 Å². The van der Waals surface area contributed by atoms with Crippen LogP contribution in [0.4, 0.5) is 0 Å². The molecule has 0 saturated heterocycles. The van der Waals surface area contributed by atoms with E-state index in [2.05, 4.69) is 16.9 Å². The first-order valence-corrected chi connectivity index (χ1v) is 10.5. The van der Waals surface area contributed by atoms with Crippen LogP contribution in [0.15, 0.2) is 84.0 Å². The van der Waals surface area contributed by atoms with Crippen molar-refractivity contribution in [2.45, 2.75) is 31.6 Å². The van der Waals surface area contributed by atoms with E-state index in [1.54, 1.807) is 12.4 Å². The third-order valence-corrected chi connectivity index (χ3v) is 5.99. The van der Waals surface area contributed by atoms with Gasteiger partial charge in [0.1, 0.15) is 6.61 Å². The number of benzene rings is 1. The van der Waals surface area contributed by atoms with Crippen LogP contribution in [-0.4, -0.2) is 23.3 Å². The standard InChI is InChI=1S/C25H23ClN2O3/c1-3-11-31-25(30)22-15(2)28-20-12-18(16-6-8-19(26)9-7-16)13-21(29)24(20)23(22)17-5-4-10-27-14-17/h3-10,14,18,23,28H,1,11-13H2,2H3. The molecule has 0 fully saturated rings. The Hall–Kier alpha value is -3.18. The van der Waals surface area contributed by atoms with Gasteiger partial charge in [-0.2, -0.15) is 0 Å². The quantitative estimate of drug-likeness (QED) is 0.539. The molecule has 1 aliphatic heterocycles. The van der Waals surface area contributed by atoms with Gasteiger partial charge in [0.15, 0.2) is 5.78 Å². The lowest BCUT2D eigenvalue weighted by Gasteiger charge is -2.36. The molecule has 6 heteroatoms. The van der Waals surface area contributed by atoms with Crippen LogP contribution in [0.5, 0.6) is 0 Å². The zero-order valence-electron chi connectivity index (χ0n) is 17.2. The third-order valence-electron chi connectivity index (χ3n) is 5.74. The summed E-state index contributed by atoms with van der Waals surface area (Å²) in [5, 5.41) is 4.00. The smallest absolute Gasteiger partial charge is 0.337 e. The molecule has 5 nitrogen and oxygen atoms in total. The van der Waals surface area contributed by atoms with Gasteiger partial charge in [0, 0.05) is 46.7 Å². The highest BCUT2D eigenvalue weighted by atomic mass is 35.5. The highest BCUT2D eigenvalue weighted by Crippen LogP contribution is 2.45. The van der Waals surface area contributed by atoms with E-state index in [-0.39, 0.29) is 18.3 Å². The zero-order valence-corrected chi connectivity index (χ0v) is 18.0. The Balaban J connectivity index is 1.76. The van der Waals surface area contributed by atoms with E-state index in [0.717, 1.165) is 16.8 Å². The molecule has 2 unspecified atom stereocenters. The second kappa shape index (κ2) is 8.90. The van der Waals surface area contributed by atoms with Crippen molar-refractivity contribution < 1.29 is 14.3 Å². The number of hydrogen-bond acceptors (Lipinski definition) is 5. The zero-order chi connectivity index (χ0) is 22.0. The number of carbonyl (C=O) groups excluding carboxylic acids is 2. The number of ketones is 1. The van der Waals surface area contributed by atoms with Crippen molar-refractivity contribution in [3.8, 4) is 0 Å². The number of halogens is 1. The number of allylic oxidation sites excluding steroid dienone is 3. The predicted molar refractivity (Wildman–Crippen MR) is 119 cm³/mol. The van der Waals surface area contributed by atoms with Gasteiger partial charge >= 0.3 is 5.97 Å². The Morgan fingerprint density at radius 3 is 2.71 bits per heavy atom. The average molecular weight is 435 g/mol. The summed E-state index contributed by atoms with van der Waals surface area (Å²) in [7, 11) is 0. The Labute approximate surface area is 186 Å². The van der Waals surface area contributed by atoms with Gasteiger partial charge < -0.3 is 10.1 Å². The van der Waals surface area contributed by atoms with Crippen LogP contribution < -0.4 is 5.32 Å². The summed E-state index contributed by atoms with van der Waals surface area (Å²) in [4.78, 5) is 30.5. The normalized spacial score (nSPS) is 20.8.